The topological polar surface area (TPSA) is 162 Å². The number of rotatable bonds is 12. The number of ether oxygens (including phenoxy) is 1. The van der Waals surface area contributed by atoms with Gasteiger partial charge in [0.25, 0.3) is 5.91 Å². The van der Waals surface area contributed by atoms with Crippen molar-refractivity contribution in [1.82, 2.24) is 15.7 Å². The Hall–Kier alpha value is -2.99. The van der Waals surface area contributed by atoms with E-state index in [0.717, 1.165) is 0 Å². The van der Waals surface area contributed by atoms with Gasteiger partial charge in [0, 0.05) is 24.1 Å². The quantitative estimate of drug-likeness (QED) is 0.191. The predicted octanol–water partition coefficient (Wildman–Crippen LogP) is 1.55. The standard InChI is InChI=1S/C22H33N3O8S/c1-14(2)5-6-15(13-34(32)17-9-7-16(26)8-10-17)21(29)25(31)22(30)24-18(20(28)23-3)11-12-19(27)33-4/h7-10,14-15,18,26,31H,5-6,11-13H2,1-4H3,(H,23,28)(H,24,30)/t15-,18+,34?/m1/s1. The summed E-state index contributed by atoms with van der Waals surface area (Å²) in [6, 6.07) is 3.24. The van der Waals surface area contributed by atoms with E-state index in [2.05, 4.69) is 15.4 Å². The number of phenols is 1. The van der Waals surface area contributed by atoms with E-state index in [1.54, 1.807) is 0 Å². The molecule has 4 N–H and O–H groups in total. The van der Waals surface area contributed by atoms with Crippen LogP contribution in [0.1, 0.15) is 39.5 Å². The molecule has 1 unspecified atom stereocenters. The number of nitrogens with zero attached hydrogens (tertiary/aromatic N) is 1. The van der Waals surface area contributed by atoms with Gasteiger partial charge in [-0.1, -0.05) is 20.3 Å². The van der Waals surface area contributed by atoms with Crippen LogP contribution in [0.25, 0.3) is 0 Å². The molecule has 0 aromatic heterocycles. The summed E-state index contributed by atoms with van der Waals surface area (Å²) in [4.78, 5) is 49.3. The lowest BCUT2D eigenvalue weighted by Crippen LogP contribution is -2.52. The number of methoxy groups -OCH3 is 1. The van der Waals surface area contributed by atoms with Crippen molar-refractivity contribution in [2.24, 2.45) is 11.8 Å². The molecule has 0 saturated carbocycles. The van der Waals surface area contributed by atoms with Gasteiger partial charge in [0.1, 0.15) is 11.8 Å². The number of phenolic OH excluding ortho intramolecular Hbond substituents is 1. The number of amides is 4. The Morgan fingerprint density at radius 2 is 1.71 bits per heavy atom. The van der Waals surface area contributed by atoms with Gasteiger partial charge in [-0.05, 0) is 43.0 Å². The molecule has 1 rings (SSSR count). The van der Waals surface area contributed by atoms with Crippen LogP contribution in [0.4, 0.5) is 4.79 Å². The summed E-state index contributed by atoms with van der Waals surface area (Å²) in [7, 11) is 0.887. The second-order valence-electron chi connectivity index (χ2n) is 8.06. The van der Waals surface area contributed by atoms with Crippen LogP contribution in [0.3, 0.4) is 0 Å². The van der Waals surface area contributed by atoms with Gasteiger partial charge in [0.2, 0.25) is 5.91 Å². The highest BCUT2D eigenvalue weighted by atomic mass is 32.2. The Morgan fingerprint density at radius 3 is 2.24 bits per heavy atom. The molecule has 3 atom stereocenters. The fourth-order valence-electron chi connectivity index (χ4n) is 2.98. The molecule has 0 aliphatic heterocycles. The molecule has 1 aromatic rings. The maximum absolute atomic E-state index is 12.9. The summed E-state index contributed by atoms with van der Waals surface area (Å²) < 4.78 is 17.3. The second kappa shape index (κ2) is 14.3. The average molecular weight is 500 g/mol. The van der Waals surface area contributed by atoms with E-state index in [1.807, 2.05) is 13.8 Å². The molecule has 0 fully saturated rings. The van der Waals surface area contributed by atoms with E-state index in [9.17, 15) is 33.7 Å². The minimum Gasteiger partial charge on any atom is -0.508 e. The highest BCUT2D eigenvalue weighted by molar-refractivity contribution is 7.85. The number of carbonyl (C=O) groups is 4. The summed E-state index contributed by atoms with van der Waals surface area (Å²) in [5.41, 5.74) is 0. The van der Waals surface area contributed by atoms with Crippen LogP contribution in [0, 0.1) is 11.8 Å². The fraction of sp³-hybridized carbons (Fsp3) is 0.545. The Bertz CT molecular complexity index is 875. The molecule has 0 bridgehead atoms. The number of hydroxylamine groups is 2. The third kappa shape index (κ3) is 9.48. The number of imide groups is 1. The molecular weight excluding hydrogens is 466 g/mol. The monoisotopic (exact) mass is 499 g/mol. The van der Waals surface area contributed by atoms with Crippen LogP contribution in [-0.4, -0.2) is 69.4 Å². The molecule has 12 heteroatoms. The zero-order valence-electron chi connectivity index (χ0n) is 19.8. The van der Waals surface area contributed by atoms with Gasteiger partial charge in [-0.15, -0.1) is 5.06 Å². The molecule has 190 valence electrons. The Balaban J connectivity index is 2.95. The zero-order chi connectivity index (χ0) is 25.8. The lowest BCUT2D eigenvalue weighted by atomic mass is 9.98. The SMILES string of the molecule is CNC(=O)[C@H](CCC(=O)OC)NC(=O)N(O)C(=O)[C@H](CCC(C)C)CS(=O)c1ccc(O)cc1. The van der Waals surface area contributed by atoms with E-state index in [1.165, 1.54) is 38.4 Å². The van der Waals surface area contributed by atoms with Gasteiger partial charge in [-0.3, -0.25) is 23.8 Å². The van der Waals surface area contributed by atoms with Crippen molar-refractivity contribution in [3.63, 3.8) is 0 Å². The average Bonchev–Trinajstić information content (AvgIpc) is 2.82. The number of likely N-dealkylation sites (N-methyl/N-ethyl adjacent to an activating group) is 1. The van der Waals surface area contributed by atoms with Crippen LogP contribution in [0.2, 0.25) is 0 Å². The van der Waals surface area contributed by atoms with Crippen molar-refractivity contribution < 1.29 is 38.4 Å². The van der Waals surface area contributed by atoms with Crippen molar-refractivity contribution in [2.45, 2.75) is 50.5 Å². The maximum Gasteiger partial charge on any atom is 0.349 e. The fourth-order valence-corrected chi connectivity index (χ4v) is 4.29. The first-order valence-electron chi connectivity index (χ1n) is 10.8. The summed E-state index contributed by atoms with van der Waals surface area (Å²) >= 11 is 0. The van der Waals surface area contributed by atoms with Gasteiger partial charge >= 0.3 is 12.0 Å². The minimum atomic E-state index is -1.63. The molecule has 11 nitrogen and oxygen atoms in total. The van der Waals surface area contributed by atoms with E-state index in [-0.39, 0.29) is 41.7 Å². The molecule has 0 spiro atoms. The molecular formula is C22H33N3O8S. The number of aromatic hydroxyl groups is 1. The third-order valence-corrected chi connectivity index (χ3v) is 6.52. The van der Waals surface area contributed by atoms with Crippen molar-refractivity contribution in [1.29, 1.82) is 0 Å². The van der Waals surface area contributed by atoms with Crippen molar-refractivity contribution in [2.75, 3.05) is 19.9 Å². The molecule has 0 aliphatic rings. The van der Waals surface area contributed by atoms with Crippen LogP contribution in [0.15, 0.2) is 29.2 Å². The summed E-state index contributed by atoms with van der Waals surface area (Å²) in [5, 5.41) is 24.1. The first-order chi connectivity index (χ1) is 16.0. The van der Waals surface area contributed by atoms with Crippen LogP contribution in [0.5, 0.6) is 5.75 Å². The van der Waals surface area contributed by atoms with Crippen LogP contribution in [-0.2, 0) is 29.9 Å². The van der Waals surface area contributed by atoms with Crippen molar-refractivity contribution in [3.8, 4) is 5.75 Å². The normalized spacial score (nSPS) is 13.5. The Kier molecular flexibility index (Phi) is 12.2. The number of hydrogen-bond donors (Lipinski definition) is 4. The first-order valence-corrected chi connectivity index (χ1v) is 12.1. The number of hydrogen-bond acceptors (Lipinski definition) is 8. The minimum absolute atomic E-state index is 0.00394. The number of carbonyl (C=O) groups excluding carboxylic acids is 4. The van der Waals surface area contributed by atoms with Crippen LogP contribution >= 0.6 is 0 Å². The highest BCUT2D eigenvalue weighted by Crippen LogP contribution is 2.20. The molecule has 34 heavy (non-hydrogen) atoms. The van der Waals surface area contributed by atoms with Gasteiger partial charge < -0.3 is 20.5 Å². The molecule has 0 saturated heterocycles. The van der Waals surface area contributed by atoms with Crippen molar-refractivity contribution >= 4 is 34.6 Å². The first kappa shape index (κ1) is 29.0. The van der Waals surface area contributed by atoms with Gasteiger partial charge in [0.05, 0.1) is 23.8 Å². The lowest BCUT2D eigenvalue weighted by Gasteiger charge is -2.24. The van der Waals surface area contributed by atoms with E-state index < -0.39 is 46.6 Å². The molecule has 0 radical (unpaired) electrons. The van der Waals surface area contributed by atoms with Gasteiger partial charge in [0.15, 0.2) is 0 Å². The Morgan fingerprint density at radius 1 is 1.09 bits per heavy atom. The van der Waals surface area contributed by atoms with Crippen LogP contribution < -0.4 is 10.6 Å². The summed E-state index contributed by atoms with van der Waals surface area (Å²) in [6.45, 7) is 3.88. The molecule has 0 heterocycles. The zero-order valence-corrected chi connectivity index (χ0v) is 20.6. The van der Waals surface area contributed by atoms with E-state index in [4.69, 9.17) is 0 Å². The number of urea groups is 1. The lowest BCUT2D eigenvalue weighted by molar-refractivity contribution is -0.157. The van der Waals surface area contributed by atoms with Crippen molar-refractivity contribution in [3.05, 3.63) is 24.3 Å². The predicted molar refractivity (Wildman–Crippen MR) is 123 cm³/mol. The summed E-state index contributed by atoms with van der Waals surface area (Å²) in [5.74, 6) is -3.05. The number of nitrogens with one attached hydrogen (secondary N) is 2. The van der Waals surface area contributed by atoms with E-state index in [0.29, 0.717) is 11.3 Å². The third-order valence-electron chi connectivity index (χ3n) is 5.02. The van der Waals surface area contributed by atoms with Gasteiger partial charge in [-0.25, -0.2) is 4.79 Å². The maximum atomic E-state index is 12.9. The van der Waals surface area contributed by atoms with E-state index >= 15 is 0 Å². The Labute approximate surface area is 201 Å². The smallest absolute Gasteiger partial charge is 0.349 e. The number of benzene rings is 1. The second-order valence-corrected chi connectivity index (χ2v) is 9.55. The molecule has 4 amide bonds. The summed E-state index contributed by atoms with van der Waals surface area (Å²) in [6.07, 6.45) is 0.573. The van der Waals surface area contributed by atoms with Gasteiger partial charge in [-0.2, -0.15) is 0 Å². The molecule has 0 aliphatic carbocycles. The highest BCUT2D eigenvalue weighted by Gasteiger charge is 2.32. The number of esters is 1. The largest absolute Gasteiger partial charge is 0.508 e. The molecule has 1 aromatic carbocycles.